The van der Waals surface area contributed by atoms with Crippen LogP contribution in [0.25, 0.3) is 17.0 Å². The first-order valence-corrected chi connectivity index (χ1v) is 11.0. The van der Waals surface area contributed by atoms with Gasteiger partial charge in [-0.2, -0.15) is 0 Å². The SMILES string of the molecule is CCOCCN(CCOC)C(=O)c1cn2c(-c3ccc(C)cc3Cl)c(CN)c(C)nc2n1. The van der Waals surface area contributed by atoms with Crippen molar-refractivity contribution in [3.05, 3.63) is 51.9 Å². The Morgan fingerprint density at radius 1 is 1.22 bits per heavy atom. The molecule has 0 radical (unpaired) electrons. The van der Waals surface area contributed by atoms with Crippen LogP contribution >= 0.6 is 11.6 Å². The van der Waals surface area contributed by atoms with E-state index in [-0.39, 0.29) is 12.5 Å². The van der Waals surface area contributed by atoms with Gasteiger partial charge in [0.25, 0.3) is 5.91 Å². The molecule has 0 atom stereocenters. The van der Waals surface area contributed by atoms with Crippen LogP contribution in [0.15, 0.2) is 24.4 Å². The number of fused-ring (bicyclic) bond motifs is 1. The molecule has 0 saturated carbocycles. The summed E-state index contributed by atoms with van der Waals surface area (Å²) in [5.41, 5.74) is 10.6. The molecule has 0 spiro atoms. The molecular formula is C23H30ClN5O3. The van der Waals surface area contributed by atoms with Crippen molar-refractivity contribution in [3.8, 4) is 11.3 Å². The third kappa shape index (κ3) is 5.10. The van der Waals surface area contributed by atoms with Gasteiger partial charge < -0.3 is 20.1 Å². The number of imidazole rings is 1. The molecule has 0 unspecified atom stereocenters. The normalized spacial score (nSPS) is 11.3. The number of carbonyl (C=O) groups excluding carboxylic acids is 1. The van der Waals surface area contributed by atoms with Crippen LogP contribution in [0.5, 0.6) is 0 Å². The highest BCUT2D eigenvalue weighted by Gasteiger charge is 2.23. The van der Waals surface area contributed by atoms with Crippen molar-refractivity contribution >= 4 is 23.3 Å². The smallest absolute Gasteiger partial charge is 0.274 e. The molecule has 3 rings (SSSR count). The minimum absolute atomic E-state index is 0.208. The van der Waals surface area contributed by atoms with Crippen LogP contribution in [0, 0.1) is 13.8 Å². The lowest BCUT2D eigenvalue weighted by atomic mass is 10.0. The quantitative estimate of drug-likeness (QED) is 0.467. The fourth-order valence-corrected chi connectivity index (χ4v) is 3.92. The summed E-state index contributed by atoms with van der Waals surface area (Å²) in [7, 11) is 1.61. The summed E-state index contributed by atoms with van der Waals surface area (Å²) in [5, 5.41) is 0.603. The Bertz CT molecular complexity index is 1100. The van der Waals surface area contributed by atoms with Crippen LogP contribution in [-0.4, -0.2) is 65.2 Å². The van der Waals surface area contributed by atoms with Crippen molar-refractivity contribution in [2.24, 2.45) is 5.73 Å². The van der Waals surface area contributed by atoms with Crippen molar-refractivity contribution < 1.29 is 14.3 Å². The molecule has 3 aromatic rings. The molecule has 172 valence electrons. The van der Waals surface area contributed by atoms with E-state index >= 15 is 0 Å². The lowest BCUT2D eigenvalue weighted by molar-refractivity contribution is 0.0583. The van der Waals surface area contributed by atoms with Crippen LogP contribution in [0.1, 0.15) is 34.2 Å². The third-order valence-electron chi connectivity index (χ3n) is 5.28. The summed E-state index contributed by atoms with van der Waals surface area (Å²) < 4.78 is 12.4. The minimum Gasteiger partial charge on any atom is -0.383 e. The van der Waals surface area contributed by atoms with Gasteiger partial charge in [-0.25, -0.2) is 9.97 Å². The Morgan fingerprint density at radius 2 is 1.97 bits per heavy atom. The Morgan fingerprint density at radius 3 is 2.62 bits per heavy atom. The predicted octanol–water partition coefficient (Wildman–Crippen LogP) is 3.25. The first-order chi connectivity index (χ1) is 15.4. The monoisotopic (exact) mass is 459 g/mol. The molecule has 0 fully saturated rings. The van der Waals surface area contributed by atoms with E-state index in [0.717, 1.165) is 28.1 Å². The van der Waals surface area contributed by atoms with E-state index in [2.05, 4.69) is 9.97 Å². The summed E-state index contributed by atoms with van der Waals surface area (Å²) in [6.07, 6.45) is 1.70. The number of aryl methyl sites for hydroxylation is 2. The molecule has 1 amide bonds. The molecule has 2 heterocycles. The summed E-state index contributed by atoms with van der Waals surface area (Å²) in [6.45, 7) is 8.41. The second kappa shape index (κ2) is 10.9. The number of methoxy groups -OCH3 is 1. The molecule has 0 aliphatic carbocycles. The Labute approximate surface area is 193 Å². The number of benzene rings is 1. The first-order valence-electron chi connectivity index (χ1n) is 10.6. The average molecular weight is 460 g/mol. The van der Waals surface area contributed by atoms with Gasteiger partial charge in [-0.15, -0.1) is 0 Å². The second-order valence-corrected chi connectivity index (χ2v) is 7.90. The van der Waals surface area contributed by atoms with Crippen molar-refractivity contribution in [1.29, 1.82) is 0 Å². The number of rotatable bonds is 10. The van der Waals surface area contributed by atoms with Crippen LogP contribution in [-0.2, 0) is 16.0 Å². The van der Waals surface area contributed by atoms with Gasteiger partial charge >= 0.3 is 0 Å². The molecule has 2 N–H and O–H groups in total. The highest BCUT2D eigenvalue weighted by Crippen LogP contribution is 2.33. The van der Waals surface area contributed by atoms with Crippen molar-refractivity contribution in [1.82, 2.24) is 19.3 Å². The second-order valence-electron chi connectivity index (χ2n) is 7.49. The number of halogens is 1. The number of amides is 1. The zero-order chi connectivity index (χ0) is 23.3. The molecule has 1 aromatic carbocycles. The molecule has 0 bridgehead atoms. The van der Waals surface area contributed by atoms with Gasteiger partial charge in [-0.05, 0) is 32.4 Å². The van der Waals surface area contributed by atoms with Crippen LogP contribution < -0.4 is 5.73 Å². The van der Waals surface area contributed by atoms with Gasteiger partial charge in [0.1, 0.15) is 5.69 Å². The fraction of sp³-hybridized carbons (Fsp3) is 0.435. The van der Waals surface area contributed by atoms with Crippen LogP contribution in [0.3, 0.4) is 0 Å². The zero-order valence-electron chi connectivity index (χ0n) is 19.0. The highest BCUT2D eigenvalue weighted by molar-refractivity contribution is 6.33. The number of hydrogen-bond acceptors (Lipinski definition) is 6. The number of aromatic nitrogens is 3. The summed E-state index contributed by atoms with van der Waals surface area (Å²) >= 11 is 6.60. The molecule has 0 saturated heterocycles. The highest BCUT2D eigenvalue weighted by atomic mass is 35.5. The van der Waals surface area contributed by atoms with Gasteiger partial charge in [-0.1, -0.05) is 23.7 Å². The van der Waals surface area contributed by atoms with E-state index < -0.39 is 0 Å². The van der Waals surface area contributed by atoms with E-state index in [1.807, 2.05) is 39.0 Å². The van der Waals surface area contributed by atoms with Crippen molar-refractivity contribution in [3.63, 3.8) is 0 Å². The van der Waals surface area contributed by atoms with Crippen molar-refractivity contribution in [2.45, 2.75) is 27.3 Å². The number of nitrogens with zero attached hydrogens (tertiary/aromatic N) is 4. The van der Waals surface area contributed by atoms with Crippen molar-refractivity contribution in [2.75, 3.05) is 40.0 Å². The summed E-state index contributed by atoms with van der Waals surface area (Å²) in [6, 6.07) is 5.85. The van der Waals surface area contributed by atoms with E-state index in [9.17, 15) is 4.79 Å². The van der Waals surface area contributed by atoms with Gasteiger partial charge in [-0.3, -0.25) is 9.20 Å². The van der Waals surface area contributed by atoms with Crippen LogP contribution in [0.2, 0.25) is 5.02 Å². The molecule has 9 heteroatoms. The first kappa shape index (κ1) is 24.1. The van der Waals surface area contributed by atoms with Gasteiger partial charge in [0.2, 0.25) is 5.78 Å². The maximum Gasteiger partial charge on any atom is 0.274 e. The molecule has 8 nitrogen and oxygen atoms in total. The number of carbonyl (C=O) groups is 1. The van der Waals surface area contributed by atoms with E-state index in [0.29, 0.717) is 49.4 Å². The Hall–Kier alpha value is -2.52. The minimum atomic E-state index is -0.208. The summed E-state index contributed by atoms with van der Waals surface area (Å²) in [4.78, 5) is 24.1. The van der Waals surface area contributed by atoms with E-state index in [4.69, 9.17) is 26.8 Å². The largest absolute Gasteiger partial charge is 0.383 e. The Kier molecular flexibility index (Phi) is 8.20. The van der Waals surface area contributed by atoms with E-state index in [1.54, 1.807) is 22.6 Å². The molecule has 0 aliphatic rings. The molecule has 0 aliphatic heterocycles. The van der Waals surface area contributed by atoms with Crippen LogP contribution in [0.4, 0.5) is 0 Å². The van der Waals surface area contributed by atoms with Gasteiger partial charge in [0, 0.05) is 56.4 Å². The zero-order valence-corrected chi connectivity index (χ0v) is 19.8. The molecule has 32 heavy (non-hydrogen) atoms. The predicted molar refractivity (Wildman–Crippen MR) is 125 cm³/mol. The maximum atomic E-state index is 13.3. The average Bonchev–Trinajstić information content (AvgIpc) is 3.18. The van der Waals surface area contributed by atoms with E-state index in [1.165, 1.54) is 0 Å². The standard InChI is InChI=1S/C23H30ClN5O3/c1-5-32-11-9-28(8-10-31-4)22(30)20-14-29-21(17-7-6-15(2)12-19(17)24)18(13-25)16(3)26-23(29)27-20/h6-7,12,14H,5,8-11,13,25H2,1-4H3. The van der Waals surface area contributed by atoms with Gasteiger partial charge in [0.05, 0.1) is 23.9 Å². The summed E-state index contributed by atoms with van der Waals surface area (Å²) in [5.74, 6) is 0.214. The fourth-order valence-electron chi connectivity index (χ4n) is 3.60. The van der Waals surface area contributed by atoms with Gasteiger partial charge in [0.15, 0.2) is 0 Å². The Balaban J connectivity index is 2.10. The maximum absolute atomic E-state index is 13.3. The number of nitrogens with two attached hydrogens (primary N) is 1. The topological polar surface area (TPSA) is 95.0 Å². The number of hydrogen-bond donors (Lipinski definition) is 1. The third-order valence-corrected chi connectivity index (χ3v) is 5.60. The molecule has 2 aromatic heterocycles. The lowest BCUT2D eigenvalue weighted by Gasteiger charge is -2.21. The number of ether oxygens (including phenoxy) is 2. The lowest BCUT2D eigenvalue weighted by Crippen LogP contribution is -2.36. The molecular weight excluding hydrogens is 430 g/mol.